The summed E-state index contributed by atoms with van der Waals surface area (Å²) in [5.74, 6) is 0.561. The van der Waals surface area contributed by atoms with E-state index < -0.39 is 0 Å². The van der Waals surface area contributed by atoms with Crippen LogP contribution >= 0.6 is 0 Å². The minimum absolute atomic E-state index is 0.0258. The van der Waals surface area contributed by atoms with Crippen LogP contribution in [0, 0.1) is 0 Å². The number of hydrogen-bond acceptors (Lipinski definition) is 4. The van der Waals surface area contributed by atoms with Gasteiger partial charge in [-0.3, -0.25) is 4.79 Å². The Kier molecular flexibility index (Phi) is 5.65. The lowest BCUT2D eigenvalue weighted by Gasteiger charge is -2.27. The molecule has 0 spiro atoms. The molecule has 0 aromatic carbocycles. The second kappa shape index (κ2) is 7.96. The molecule has 27 heavy (non-hydrogen) atoms. The third-order valence-corrected chi connectivity index (χ3v) is 4.81. The molecule has 2 aromatic rings. The Balaban J connectivity index is 1.93. The van der Waals surface area contributed by atoms with Gasteiger partial charge in [-0.2, -0.15) is 0 Å². The monoisotopic (exact) mass is 372 g/mol. The molecule has 1 atom stereocenters. The number of nitrogens with zero attached hydrogens (tertiary/aromatic N) is 5. The van der Waals surface area contributed by atoms with Crippen molar-refractivity contribution in [1.82, 2.24) is 29.4 Å². The fraction of sp³-hybridized carbons (Fsp3) is 0.526. The van der Waals surface area contributed by atoms with Crippen molar-refractivity contribution in [2.75, 3.05) is 47.8 Å². The van der Waals surface area contributed by atoms with Gasteiger partial charge >= 0.3 is 6.03 Å². The van der Waals surface area contributed by atoms with E-state index in [4.69, 9.17) is 0 Å². The van der Waals surface area contributed by atoms with Gasteiger partial charge in [0.15, 0.2) is 5.69 Å². The lowest BCUT2D eigenvalue weighted by Crippen LogP contribution is -2.39. The third kappa shape index (κ3) is 3.90. The number of hydrogen-bond donors (Lipinski definition) is 1. The van der Waals surface area contributed by atoms with E-state index in [0.717, 1.165) is 30.7 Å². The number of nitrogens with one attached hydrogen (secondary N) is 1. The molecule has 3 heterocycles. The SMILES string of the molecule is CN(C)CCNC(=O)c1nc([C@H]2CCCN2C(=O)N(C)C)n2ccccc12. The minimum atomic E-state index is -0.185. The molecule has 1 fully saturated rings. The molecule has 3 amide bonds. The van der Waals surface area contributed by atoms with E-state index in [-0.39, 0.29) is 18.0 Å². The molecule has 1 aliphatic heterocycles. The average molecular weight is 372 g/mol. The standard InChI is InChI=1S/C19H28N6O2/c1-22(2)13-10-20-18(26)16-14-8-5-6-11-24(14)17(21-16)15-9-7-12-25(15)19(27)23(3)4/h5-6,8,11,15H,7,9-10,12-13H2,1-4H3,(H,20,26)/t15-/m1/s1. The van der Waals surface area contributed by atoms with Crippen molar-refractivity contribution in [3.05, 3.63) is 35.9 Å². The number of carbonyl (C=O) groups excluding carboxylic acids is 2. The van der Waals surface area contributed by atoms with Crippen molar-refractivity contribution >= 4 is 17.5 Å². The molecule has 0 radical (unpaired) electrons. The molecule has 1 aliphatic rings. The largest absolute Gasteiger partial charge is 0.349 e. The molecule has 1 saturated heterocycles. The van der Waals surface area contributed by atoms with E-state index in [1.165, 1.54) is 0 Å². The Labute approximate surface area is 159 Å². The highest BCUT2D eigenvalue weighted by molar-refractivity contribution is 5.99. The fourth-order valence-corrected chi connectivity index (χ4v) is 3.46. The smallest absolute Gasteiger partial charge is 0.320 e. The van der Waals surface area contributed by atoms with E-state index in [9.17, 15) is 9.59 Å². The molecule has 146 valence electrons. The first kappa shape index (κ1) is 19.2. The number of imidazole rings is 1. The van der Waals surface area contributed by atoms with Crippen LogP contribution in [-0.2, 0) is 0 Å². The van der Waals surface area contributed by atoms with Crippen LogP contribution in [0.4, 0.5) is 4.79 Å². The van der Waals surface area contributed by atoms with Gasteiger partial charge in [-0.15, -0.1) is 0 Å². The highest BCUT2D eigenvalue weighted by atomic mass is 16.2. The summed E-state index contributed by atoms with van der Waals surface area (Å²) in [4.78, 5) is 35.4. The number of likely N-dealkylation sites (N-methyl/N-ethyl adjacent to an activating group) is 1. The zero-order valence-corrected chi connectivity index (χ0v) is 16.5. The van der Waals surface area contributed by atoms with Gasteiger partial charge < -0.3 is 24.4 Å². The van der Waals surface area contributed by atoms with Gasteiger partial charge in [-0.05, 0) is 39.1 Å². The number of amides is 3. The quantitative estimate of drug-likeness (QED) is 0.862. The number of likely N-dealkylation sites (tertiary alicyclic amines) is 1. The fourth-order valence-electron chi connectivity index (χ4n) is 3.46. The minimum Gasteiger partial charge on any atom is -0.349 e. The van der Waals surface area contributed by atoms with Crippen molar-refractivity contribution in [2.24, 2.45) is 0 Å². The van der Waals surface area contributed by atoms with Gasteiger partial charge in [0.2, 0.25) is 0 Å². The molecule has 0 saturated carbocycles. The lowest BCUT2D eigenvalue weighted by atomic mass is 10.2. The molecule has 3 rings (SSSR count). The van der Waals surface area contributed by atoms with Crippen LogP contribution in [0.3, 0.4) is 0 Å². The van der Waals surface area contributed by atoms with Crippen molar-refractivity contribution in [3.8, 4) is 0 Å². The summed E-state index contributed by atoms with van der Waals surface area (Å²) in [5.41, 5.74) is 1.17. The molecule has 0 aliphatic carbocycles. The molecular weight excluding hydrogens is 344 g/mol. The van der Waals surface area contributed by atoms with Crippen LogP contribution in [-0.4, -0.2) is 83.8 Å². The Morgan fingerprint density at radius 3 is 2.74 bits per heavy atom. The summed E-state index contributed by atoms with van der Waals surface area (Å²) in [6, 6.07) is 5.55. The summed E-state index contributed by atoms with van der Waals surface area (Å²) < 4.78 is 1.94. The van der Waals surface area contributed by atoms with Crippen LogP contribution < -0.4 is 5.32 Å². The van der Waals surface area contributed by atoms with Crippen LogP contribution in [0.2, 0.25) is 0 Å². The van der Waals surface area contributed by atoms with E-state index in [1.54, 1.807) is 19.0 Å². The van der Waals surface area contributed by atoms with Crippen LogP contribution in [0.5, 0.6) is 0 Å². The second-order valence-electron chi connectivity index (χ2n) is 7.36. The number of fused-ring (bicyclic) bond motifs is 1. The van der Waals surface area contributed by atoms with Gasteiger partial charge in [-0.1, -0.05) is 6.07 Å². The summed E-state index contributed by atoms with van der Waals surface area (Å²) in [6.07, 6.45) is 3.68. The summed E-state index contributed by atoms with van der Waals surface area (Å²) >= 11 is 0. The van der Waals surface area contributed by atoms with E-state index >= 15 is 0 Å². The lowest BCUT2D eigenvalue weighted by molar-refractivity contribution is 0.0948. The van der Waals surface area contributed by atoms with Crippen LogP contribution in [0.25, 0.3) is 5.52 Å². The van der Waals surface area contributed by atoms with Gasteiger partial charge in [0.25, 0.3) is 5.91 Å². The van der Waals surface area contributed by atoms with Crippen molar-refractivity contribution < 1.29 is 9.59 Å². The van der Waals surface area contributed by atoms with Gasteiger partial charge in [0.05, 0.1) is 11.6 Å². The Morgan fingerprint density at radius 2 is 2.04 bits per heavy atom. The zero-order chi connectivity index (χ0) is 19.6. The highest BCUT2D eigenvalue weighted by Crippen LogP contribution is 2.33. The molecule has 8 heteroatoms. The topological polar surface area (TPSA) is 73.2 Å². The molecule has 8 nitrogen and oxygen atoms in total. The van der Waals surface area contributed by atoms with Crippen LogP contribution in [0.1, 0.15) is 35.2 Å². The Hall–Kier alpha value is -2.61. The maximum Gasteiger partial charge on any atom is 0.320 e. The Morgan fingerprint density at radius 1 is 1.26 bits per heavy atom. The van der Waals surface area contributed by atoms with E-state index in [2.05, 4.69) is 10.3 Å². The van der Waals surface area contributed by atoms with Crippen molar-refractivity contribution in [1.29, 1.82) is 0 Å². The number of aromatic nitrogens is 2. The maximum atomic E-state index is 12.7. The van der Waals surface area contributed by atoms with E-state index in [0.29, 0.717) is 18.8 Å². The number of carbonyl (C=O) groups is 2. The summed E-state index contributed by atoms with van der Waals surface area (Å²) in [7, 11) is 7.44. The molecule has 0 unspecified atom stereocenters. The number of urea groups is 1. The number of pyridine rings is 1. The third-order valence-electron chi connectivity index (χ3n) is 4.81. The van der Waals surface area contributed by atoms with Crippen LogP contribution in [0.15, 0.2) is 24.4 Å². The normalized spacial score (nSPS) is 16.9. The van der Waals surface area contributed by atoms with Gasteiger partial charge in [0.1, 0.15) is 5.82 Å². The van der Waals surface area contributed by atoms with Crippen molar-refractivity contribution in [2.45, 2.75) is 18.9 Å². The average Bonchev–Trinajstić information content (AvgIpc) is 3.25. The molecule has 1 N–H and O–H groups in total. The molecule has 0 bridgehead atoms. The van der Waals surface area contributed by atoms with Crippen molar-refractivity contribution in [3.63, 3.8) is 0 Å². The Bertz CT molecular complexity index is 829. The first-order chi connectivity index (χ1) is 12.9. The van der Waals surface area contributed by atoms with Gasteiger partial charge in [0, 0.05) is 39.9 Å². The highest BCUT2D eigenvalue weighted by Gasteiger charge is 2.34. The second-order valence-corrected chi connectivity index (χ2v) is 7.36. The predicted molar refractivity (Wildman–Crippen MR) is 104 cm³/mol. The van der Waals surface area contributed by atoms with Gasteiger partial charge in [-0.25, -0.2) is 9.78 Å². The summed E-state index contributed by atoms with van der Waals surface area (Å²) in [6.45, 7) is 2.02. The molecule has 2 aromatic heterocycles. The molecular formula is C19H28N6O2. The predicted octanol–water partition coefficient (Wildman–Crippen LogP) is 1.44. The van der Waals surface area contributed by atoms with E-state index in [1.807, 2.05) is 52.7 Å². The summed E-state index contributed by atoms with van der Waals surface area (Å²) in [5, 5.41) is 2.93. The zero-order valence-electron chi connectivity index (χ0n) is 16.5. The maximum absolute atomic E-state index is 12.7. The first-order valence-corrected chi connectivity index (χ1v) is 9.28. The number of rotatable bonds is 5. The first-order valence-electron chi connectivity index (χ1n) is 9.28.